The molecule has 3 aliphatic heterocycles. The number of likely N-dealkylation sites (tertiary alicyclic amines) is 1. The molecule has 2 aromatic rings. The molecule has 3 aliphatic rings. The molecule has 8 heteroatoms. The molecule has 0 aromatic heterocycles. The van der Waals surface area contributed by atoms with Crippen LogP contribution in [-0.2, 0) is 9.59 Å². The first kappa shape index (κ1) is 21.8. The third kappa shape index (κ3) is 4.44. The lowest BCUT2D eigenvalue weighted by Crippen LogP contribution is -2.50. The van der Waals surface area contributed by atoms with Crippen molar-refractivity contribution in [2.24, 2.45) is 0 Å². The molecule has 0 spiro atoms. The molecule has 3 heterocycles. The van der Waals surface area contributed by atoms with Crippen molar-refractivity contribution in [3.63, 3.8) is 0 Å². The quantitative estimate of drug-likeness (QED) is 0.677. The Balaban J connectivity index is 1.23. The standard InChI is InChI=1S/C25H28F2N4O2/c26-17-3-6-19(7-4-17)31-22-8-5-18(27)15-20(22)21-16-29(14-11-23(21)31)12-1-2-13-30-25(33)10-9-24(32)28-30/h3-8,15,21,23H,1-2,9-14,16H2,(H,28,32). The number of carbonyl (C=O) groups excluding carboxylic acids is 2. The van der Waals surface area contributed by atoms with Crippen molar-refractivity contribution in [2.45, 2.75) is 44.1 Å². The maximum Gasteiger partial charge on any atom is 0.241 e. The largest absolute Gasteiger partial charge is 0.337 e. The van der Waals surface area contributed by atoms with Gasteiger partial charge in [-0.05, 0) is 73.8 Å². The highest BCUT2D eigenvalue weighted by atomic mass is 19.1. The number of anilines is 2. The van der Waals surface area contributed by atoms with Gasteiger partial charge < -0.3 is 9.80 Å². The van der Waals surface area contributed by atoms with Gasteiger partial charge in [0.2, 0.25) is 11.8 Å². The van der Waals surface area contributed by atoms with Gasteiger partial charge in [0.05, 0.1) is 0 Å². The number of fused-ring (bicyclic) bond motifs is 3. The molecule has 2 fully saturated rings. The van der Waals surface area contributed by atoms with Crippen LogP contribution in [-0.4, -0.2) is 53.9 Å². The van der Waals surface area contributed by atoms with Crippen LogP contribution in [0.4, 0.5) is 20.2 Å². The van der Waals surface area contributed by atoms with Crippen LogP contribution in [0.25, 0.3) is 0 Å². The average molecular weight is 455 g/mol. The highest BCUT2D eigenvalue weighted by Crippen LogP contribution is 2.48. The minimum absolute atomic E-state index is 0.0270. The number of hydrazine groups is 1. The van der Waals surface area contributed by atoms with Gasteiger partial charge in [-0.25, -0.2) is 8.78 Å². The molecule has 0 bridgehead atoms. The summed E-state index contributed by atoms with van der Waals surface area (Å²) < 4.78 is 27.6. The molecule has 5 rings (SSSR count). The van der Waals surface area contributed by atoms with Crippen LogP contribution in [0.2, 0.25) is 0 Å². The molecule has 1 N–H and O–H groups in total. The number of nitrogens with one attached hydrogen (secondary N) is 1. The third-order valence-corrected chi connectivity index (χ3v) is 6.98. The van der Waals surface area contributed by atoms with E-state index in [1.54, 1.807) is 18.2 Å². The van der Waals surface area contributed by atoms with Crippen molar-refractivity contribution in [1.29, 1.82) is 0 Å². The van der Waals surface area contributed by atoms with Crippen molar-refractivity contribution in [3.05, 3.63) is 59.7 Å². The number of benzene rings is 2. The highest BCUT2D eigenvalue weighted by Gasteiger charge is 2.42. The predicted octanol–water partition coefficient (Wildman–Crippen LogP) is 3.71. The topological polar surface area (TPSA) is 55.9 Å². The van der Waals surface area contributed by atoms with Crippen molar-refractivity contribution < 1.29 is 18.4 Å². The molecule has 0 aliphatic carbocycles. The number of hydrogen-bond acceptors (Lipinski definition) is 4. The van der Waals surface area contributed by atoms with Gasteiger partial charge >= 0.3 is 0 Å². The minimum atomic E-state index is -0.269. The van der Waals surface area contributed by atoms with Gasteiger partial charge in [-0.15, -0.1) is 0 Å². The summed E-state index contributed by atoms with van der Waals surface area (Å²) in [5.74, 6) is -0.457. The molecule has 33 heavy (non-hydrogen) atoms. The van der Waals surface area contributed by atoms with Gasteiger partial charge in [0.15, 0.2) is 0 Å². The van der Waals surface area contributed by atoms with Crippen LogP contribution in [0.3, 0.4) is 0 Å². The molecular weight excluding hydrogens is 426 g/mol. The summed E-state index contributed by atoms with van der Waals surface area (Å²) in [5, 5.41) is 1.44. The van der Waals surface area contributed by atoms with E-state index in [1.807, 2.05) is 6.07 Å². The number of halogens is 2. The number of piperidine rings is 1. The van der Waals surface area contributed by atoms with Crippen LogP contribution >= 0.6 is 0 Å². The summed E-state index contributed by atoms with van der Waals surface area (Å²) in [4.78, 5) is 28.1. The lowest BCUT2D eigenvalue weighted by Gasteiger charge is -2.39. The van der Waals surface area contributed by atoms with Gasteiger partial charge in [0.25, 0.3) is 0 Å². The number of carbonyl (C=O) groups is 2. The fraction of sp³-hybridized carbons (Fsp3) is 0.440. The molecule has 6 nitrogen and oxygen atoms in total. The Labute approximate surface area is 192 Å². The zero-order valence-corrected chi connectivity index (χ0v) is 18.5. The van der Waals surface area contributed by atoms with Crippen molar-refractivity contribution in [1.82, 2.24) is 15.3 Å². The SMILES string of the molecule is O=C1CCC(=O)N(CCCCN2CCC3C(C2)c2cc(F)ccc2N3c2ccc(F)cc2)N1. The van der Waals surface area contributed by atoms with Crippen molar-refractivity contribution >= 4 is 23.2 Å². The monoisotopic (exact) mass is 454 g/mol. The first-order chi connectivity index (χ1) is 16.0. The fourth-order valence-electron chi connectivity index (χ4n) is 5.39. The number of nitrogens with zero attached hydrogens (tertiary/aromatic N) is 3. The van der Waals surface area contributed by atoms with E-state index >= 15 is 0 Å². The second kappa shape index (κ2) is 9.09. The van der Waals surface area contributed by atoms with E-state index in [-0.39, 0.29) is 48.3 Å². The van der Waals surface area contributed by atoms with Crippen molar-refractivity contribution in [2.75, 3.05) is 31.1 Å². The average Bonchev–Trinajstić information content (AvgIpc) is 3.12. The molecule has 2 saturated heterocycles. The number of amides is 2. The van der Waals surface area contributed by atoms with E-state index in [4.69, 9.17) is 0 Å². The predicted molar refractivity (Wildman–Crippen MR) is 121 cm³/mol. The summed E-state index contributed by atoms with van der Waals surface area (Å²) >= 11 is 0. The Kier molecular flexibility index (Phi) is 6.01. The zero-order valence-electron chi connectivity index (χ0n) is 18.5. The molecular formula is C25H28F2N4O2. The lowest BCUT2D eigenvalue weighted by molar-refractivity contribution is -0.147. The molecule has 2 aromatic carbocycles. The Morgan fingerprint density at radius 3 is 2.52 bits per heavy atom. The maximum atomic E-state index is 14.1. The Morgan fingerprint density at radius 2 is 1.70 bits per heavy atom. The van der Waals surface area contributed by atoms with Gasteiger partial charge in [0.1, 0.15) is 11.6 Å². The maximum absolute atomic E-state index is 14.1. The summed E-state index contributed by atoms with van der Waals surface area (Å²) in [6.45, 7) is 3.17. The van der Waals surface area contributed by atoms with Gasteiger partial charge in [0, 0.05) is 55.8 Å². The highest BCUT2D eigenvalue weighted by molar-refractivity contribution is 5.89. The van der Waals surface area contributed by atoms with E-state index in [2.05, 4.69) is 15.2 Å². The Morgan fingerprint density at radius 1 is 0.939 bits per heavy atom. The second-order valence-corrected chi connectivity index (χ2v) is 9.10. The normalized spacial score (nSPS) is 22.8. The number of unbranched alkanes of at least 4 members (excludes halogenated alkanes) is 1. The molecule has 2 amide bonds. The third-order valence-electron chi connectivity index (χ3n) is 6.98. The summed E-state index contributed by atoms with van der Waals surface area (Å²) in [5.41, 5.74) is 5.58. The Bertz CT molecular complexity index is 1050. The summed E-state index contributed by atoms with van der Waals surface area (Å²) in [6.07, 6.45) is 3.20. The first-order valence-electron chi connectivity index (χ1n) is 11.7. The summed E-state index contributed by atoms with van der Waals surface area (Å²) in [6, 6.07) is 11.7. The van der Waals surface area contributed by atoms with Gasteiger partial charge in [-0.1, -0.05) is 0 Å². The molecule has 0 radical (unpaired) electrons. The Hall–Kier alpha value is -3.00. The smallest absolute Gasteiger partial charge is 0.241 e. The van der Waals surface area contributed by atoms with Crippen LogP contribution in [0.15, 0.2) is 42.5 Å². The van der Waals surface area contributed by atoms with Crippen LogP contribution in [0.1, 0.15) is 43.6 Å². The molecule has 2 atom stereocenters. The van der Waals surface area contributed by atoms with Crippen LogP contribution in [0.5, 0.6) is 0 Å². The molecule has 174 valence electrons. The van der Waals surface area contributed by atoms with E-state index in [1.165, 1.54) is 23.2 Å². The van der Waals surface area contributed by atoms with E-state index in [0.717, 1.165) is 55.8 Å². The number of rotatable bonds is 6. The van der Waals surface area contributed by atoms with E-state index in [0.29, 0.717) is 6.54 Å². The molecule has 0 saturated carbocycles. The fourth-order valence-corrected chi connectivity index (χ4v) is 5.39. The first-order valence-corrected chi connectivity index (χ1v) is 11.7. The molecule has 2 unspecified atom stereocenters. The number of hydrogen-bond donors (Lipinski definition) is 1. The zero-order chi connectivity index (χ0) is 22.9. The van der Waals surface area contributed by atoms with E-state index in [9.17, 15) is 18.4 Å². The second-order valence-electron chi connectivity index (χ2n) is 9.10. The van der Waals surface area contributed by atoms with Gasteiger partial charge in [-0.2, -0.15) is 0 Å². The van der Waals surface area contributed by atoms with Crippen LogP contribution < -0.4 is 10.3 Å². The summed E-state index contributed by atoms with van der Waals surface area (Å²) in [7, 11) is 0. The van der Waals surface area contributed by atoms with Crippen LogP contribution in [0, 0.1) is 11.6 Å². The van der Waals surface area contributed by atoms with Crippen molar-refractivity contribution in [3.8, 4) is 0 Å². The minimum Gasteiger partial charge on any atom is -0.337 e. The lowest BCUT2D eigenvalue weighted by atomic mass is 9.89. The van der Waals surface area contributed by atoms with E-state index < -0.39 is 0 Å². The van der Waals surface area contributed by atoms with Gasteiger partial charge in [-0.3, -0.25) is 20.0 Å².